The van der Waals surface area contributed by atoms with Gasteiger partial charge in [0.15, 0.2) is 0 Å². The molecule has 2 saturated heterocycles. The lowest BCUT2D eigenvalue weighted by atomic mass is 10.1. The molecule has 120 valence electrons. The highest BCUT2D eigenvalue weighted by Gasteiger charge is 2.30. The maximum atomic E-state index is 11.9. The summed E-state index contributed by atoms with van der Waals surface area (Å²) < 4.78 is 5.58. The average molecular weight is 328 g/mol. The summed E-state index contributed by atoms with van der Waals surface area (Å²) in [6.07, 6.45) is 2.69. The van der Waals surface area contributed by atoms with Crippen LogP contribution in [0.1, 0.15) is 26.2 Å². The van der Waals surface area contributed by atoms with Gasteiger partial charge in [0.25, 0.3) is 0 Å². The first-order valence-corrected chi connectivity index (χ1v) is 7.08. The second-order valence-corrected chi connectivity index (χ2v) is 5.35. The Kier molecular flexibility index (Phi) is 9.76. The molecule has 0 aliphatic carbocycles. The van der Waals surface area contributed by atoms with Gasteiger partial charge in [-0.05, 0) is 38.3 Å². The number of hydrogen-bond donors (Lipinski definition) is 2. The van der Waals surface area contributed by atoms with E-state index in [4.69, 9.17) is 10.5 Å². The van der Waals surface area contributed by atoms with Crippen molar-refractivity contribution in [1.82, 2.24) is 10.2 Å². The van der Waals surface area contributed by atoms with Crippen molar-refractivity contribution in [3.05, 3.63) is 0 Å². The van der Waals surface area contributed by atoms with Gasteiger partial charge in [-0.3, -0.25) is 4.79 Å². The Morgan fingerprint density at radius 1 is 1.35 bits per heavy atom. The first kappa shape index (κ1) is 19.9. The zero-order valence-corrected chi connectivity index (χ0v) is 13.7. The molecule has 2 rings (SSSR count). The smallest absolute Gasteiger partial charge is 0.249 e. The lowest BCUT2D eigenvalue weighted by Crippen LogP contribution is -2.38. The molecule has 7 heteroatoms. The summed E-state index contributed by atoms with van der Waals surface area (Å²) in [5.41, 5.74) is 5.54. The van der Waals surface area contributed by atoms with Crippen LogP contribution in [0.15, 0.2) is 0 Å². The summed E-state index contributed by atoms with van der Waals surface area (Å²) in [5.74, 6) is 0.640. The summed E-state index contributed by atoms with van der Waals surface area (Å²) in [5, 5.41) is 3.02. The van der Waals surface area contributed by atoms with Gasteiger partial charge in [-0.2, -0.15) is 0 Å². The molecule has 0 bridgehead atoms. The van der Waals surface area contributed by atoms with E-state index in [-0.39, 0.29) is 42.9 Å². The van der Waals surface area contributed by atoms with Crippen LogP contribution in [-0.4, -0.2) is 55.7 Å². The second kappa shape index (κ2) is 9.79. The molecular formula is C13H27Cl2N3O2. The van der Waals surface area contributed by atoms with Gasteiger partial charge in [-0.15, -0.1) is 24.8 Å². The summed E-state index contributed by atoms with van der Waals surface area (Å²) in [6, 6.07) is 0. The Labute approximate surface area is 133 Å². The zero-order chi connectivity index (χ0) is 13.0. The molecule has 0 aromatic rings. The number of carbonyl (C=O) groups is 1. The van der Waals surface area contributed by atoms with Gasteiger partial charge in [0.2, 0.25) is 5.91 Å². The highest BCUT2D eigenvalue weighted by molar-refractivity contribution is 5.85. The topological polar surface area (TPSA) is 67.6 Å². The number of halogens is 2. The quantitative estimate of drug-likeness (QED) is 0.783. The molecule has 5 nitrogen and oxygen atoms in total. The summed E-state index contributed by atoms with van der Waals surface area (Å²) in [7, 11) is 0. The number of likely N-dealkylation sites (tertiary alicyclic amines) is 1. The number of amides is 1. The predicted octanol–water partition coefficient (Wildman–Crippen LogP) is 0.794. The number of carbonyl (C=O) groups excluding carboxylic acids is 1. The molecule has 3 atom stereocenters. The van der Waals surface area contributed by atoms with Crippen molar-refractivity contribution in [2.45, 2.75) is 38.4 Å². The van der Waals surface area contributed by atoms with Crippen LogP contribution in [0.2, 0.25) is 0 Å². The molecule has 0 aromatic heterocycles. The van der Waals surface area contributed by atoms with E-state index in [0.29, 0.717) is 12.5 Å². The lowest BCUT2D eigenvalue weighted by Gasteiger charge is -2.16. The van der Waals surface area contributed by atoms with Crippen molar-refractivity contribution < 1.29 is 9.53 Å². The fourth-order valence-electron chi connectivity index (χ4n) is 2.80. The molecule has 1 unspecified atom stereocenters. The molecule has 0 radical (unpaired) electrons. The Hall–Kier alpha value is -0.0700. The van der Waals surface area contributed by atoms with Crippen molar-refractivity contribution in [2.75, 3.05) is 32.7 Å². The van der Waals surface area contributed by atoms with Crippen LogP contribution in [0.25, 0.3) is 0 Å². The van der Waals surface area contributed by atoms with E-state index in [9.17, 15) is 4.79 Å². The van der Waals surface area contributed by atoms with E-state index in [0.717, 1.165) is 39.0 Å². The minimum Gasteiger partial charge on any atom is -0.364 e. The van der Waals surface area contributed by atoms with E-state index < -0.39 is 0 Å². The zero-order valence-electron chi connectivity index (χ0n) is 12.0. The molecule has 3 N–H and O–H groups in total. The summed E-state index contributed by atoms with van der Waals surface area (Å²) in [6.45, 7) is 6.84. The lowest BCUT2D eigenvalue weighted by molar-refractivity contribution is -0.132. The first-order valence-electron chi connectivity index (χ1n) is 7.08. The Morgan fingerprint density at radius 2 is 2.10 bits per heavy atom. The maximum Gasteiger partial charge on any atom is 0.249 e. The van der Waals surface area contributed by atoms with E-state index in [1.807, 2.05) is 0 Å². The highest BCUT2D eigenvalue weighted by Crippen LogP contribution is 2.19. The van der Waals surface area contributed by atoms with Crippen molar-refractivity contribution >= 4 is 30.7 Å². The summed E-state index contributed by atoms with van der Waals surface area (Å²) >= 11 is 0. The number of rotatable bonds is 5. The van der Waals surface area contributed by atoms with Gasteiger partial charge in [-0.1, -0.05) is 6.92 Å². The van der Waals surface area contributed by atoms with Crippen LogP contribution in [0.3, 0.4) is 0 Å². The van der Waals surface area contributed by atoms with Gasteiger partial charge >= 0.3 is 0 Å². The number of nitrogens with zero attached hydrogens (tertiary/aromatic N) is 1. The van der Waals surface area contributed by atoms with Gasteiger partial charge in [0.05, 0.1) is 6.10 Å². The Balaban J connectivity index is 0.00000180. The average Bonchev–Trinajstić information content (AvgIpc) is 3.04. The van der Waals surface area contributed by atoms with Gasteiger partial charge in [0, 0.05) is 19.6 Å². The normalized spacial score (nSPS) is 29.6. The molecule has 1 amide bonds. The standard InChI is InChI=1S/C13H25N3O2.2ClH/c1-2-16-6-5-10(9-16)8-15-13(17)12-4-3-11(7-14)18-12;;/h10-12H,2-9,14H2,1H3,(H,15,17);2*1H/t10?,11-,12+;;/m1../s1. The van der Waals surface area contributed by atoms with Crippen molar-refractivity contribution in [3.63, 3.8) is 0 Å². The third-order valence-electron chi connectivity index (χ3n) is 4.05. The minimum absolute atomic E-state index is 0. The minimum atomic E-state index is -0.276. The third-order valence-corrected chi connectivity index (χ3v) is 4.05. The Bertz CT molecular complexity index is 295. The van der Waals surface area contributed by atoms with Crippen molar-refractivity contribution in [1.29, 1.82) is 0 Å². The number of nitrogens with two attached hydrogens (primary N) is 1. The molecule has 0 spiro atoms. The largest absolute Gasteiger partial charge is 0.364 e. The number of nitrogens with one attached hydrogen (secondary N) is 1. The first-order chi connectivity index (χ1) is 8.72. The van der Waals surface area contributed by atoms with Crippen molar-refractivity contribution in [2.24, 2.45) is 11.7 Å². The molecule has 2 aliphatic rings. The van der Waals surface area contributed by atoms with E-state index in [2.05, 4.69) is 17.1 Å². The fourth-order valence-corrected chi connectivity index (χ4v) is 2.80. The maximum absolute atomic E-state index is 11.9. The van der Waals surface area contributed by atoms with Gasteiger partial charge < -0.3 is 20.7 Å². The second-order valence-electron chi connectivity index (χ2n) is 5.35. The van der Waals surface area contributed by atoms with Gasteiger partial charge in [0.1, 0.15) is 6.10 Å². The van der Waals surface area contributed by atoms with Crippen LogP contribution >= 0.6 is 24.8 Å². The third kappa shape index (κ3) is 5.37. The predicted molar refractivity (Wildman–Crippen MR) is 84.7 cm³/mol. The van der Waals surface area contributed by atoms with E-state index >= 15 is 0 Å². The molecular weight excluding hydrogens is 301 g/mol. The van der Waals surface area contributed by atoms with Crippen LogP contribution in [-0.2, 0) is 9.53 Å². The van der Waals surface area contributed by atoms with Gasteiger partial charge in [-0.25, -0.2) is 0 Å². The Morgan fingerprint density at radius 3 is 2.65 bits per heavy atom. The monoisotopic (exact) mass is 327 g/mol. The SMILES string of the molecule is CCN1CCC(CNC(=O)[C@@H]2CC[C@H](CN)O2)C1.Cl.Cl. The number of ether oxygens (including phenoxy) is 1. The van der Waals surface area contributed by atoms with Crippen LogP contribution in [0.4, 0.5) is 0 Å². The van der Waals surface area contributed by atoms with E-state index in [1.165, 1.54) is 6.42 Å². The van der Waals surface area contributed by atoms with Crippen molar-refractivity contribution in [3.8, 4) is 0 Å². The molecule has 2 aliphatic heterocycles. The molecule has 20 heavy (non-hydrogen) atoms. The molecule has 2 fully saturated rings. The molecule has 2 heterocycles. The molecule has 0 aromatic carbocycles. The molecule has 0 saturated carbocycles. The summed E-state index contributed by atoms with van der Waals surface area (Å²) in [4.78, 5) is 14.3. The number of hydrogen-bond acceptors (Lipinski definition) is 4. The van der Waals surface area contributed by atoms with Crippen LogP contribution in [0.5, 0.6) is 0 Å². The fraction of sp³-hybridized carbons (Fsp3) is 0.923. The van der Waals surface area contributed by atoms with E-state index in [1.54, 1.807) is 0 Å². The van der Waals surface area contributed by atoms with Crippen LogP contribution < -0.4 is 11.1 Å². The van der Waals surface area contributed by atoms with Crippen LogP contribution in [0, 0.1) is 5.92 Å². The highest BCUT2D eigenvalue weighted by atomic mass is 35.5.